The number of fused-ring (bicyclic) bond motifs is 1. The van der Waals surface area contributed by atoms with Crippen LogP contribution < -0.4 is 5.32 Å². The lowest BCUT2D eigenvalue weighted by atomic mass is 10.0. The van der Waals surface area contributed by atoms with Gasteiger partial charge in [0.2, 0.25) is 0 Å². The fraction of sp³-hybridized carbons (Fsp3) is 0.211. The van der Waals surface area contributed by atoms with Crippen LogP contribution in [0.5, 0.6) is 0 Å². The molecule has 0 spiro atoms. The summed E-state index contributed by atoms with van der Waals surface area (Å²) in [7, 11) is 0. The molecule has 1 heterocycles. The molecule has 23 heavy (non-hydrogen) atoms. The number of H-pyrrole nitrogens is 1. The SMILES string of the molecule is CC(NC(=O)c1cc2ccccc2[nH]1)C(O)Cc1ccccc1. The molecule has 3 N–H and O–H groups in total. The molecule has 2 atom stereocenters. The molecule has 118 valence electrons. The van der Waals surface area contributed by atoms with E-state index in [1.165, 1.54) is 0 Å². The Balaban J connectivity index is 1.64. The molecule has 3 rings (SSSR count). The molecule has 0 saturated heterocycles. The minimum atomic E-state index is -0.634. The number of amides is 1. The van der Waals surface area contributed by atoms with Crippen LogP contribution in [-0.2, 0) is 6.42 Å². The monoisotopic (exact) mass is 308 g/mol. The van der Waals surface area contributed by atoms with Crippen molar-refractivity contribution in [2.75, 3.05) is 0 Å². The van der Waals surface area contributed by atoms with E-state index < -0.39 is 6.10 Å². The maximum atomic E-state index is 12.3. The number of aromatic amines is 1. The second kappa shape index (κ2) is 6.67. The van der Waals surface area contributed by atoms with Crippen molar-refractivity contribution >= 4 is 16.8 Å². The van der Waals surface area contributed by atoms with Crippen molar-refractivity contribution in [1.29, 1.82) is 0 Å². The van der Waals surface area contributed by atoms with Crippen molar-refractivity contribution in [3.05, 3.63) is 71.9 Å². The van der Waals surface area contributed by atoms with Gasteiger partial charge in [-0.1, -0.05) is 48.5 Å². The number of hydrogen-bond donors (Lipinski definition) is 3. The quantitative estimate of drug-likeness (QED) is 0.678. The van der Waals surface area contributed by atoms with E-state index in [9.17, 15) is 9.90 Å². The highest BCUT2D eigenvalue weighted by molar-refractivity contribution is 5.98. The number of aliphatic hydroxyl groups excluding tert-OH is 1. The highest BCUT2D eigenvalue weighted by atomic mass is 16.3. The van der Waals surface area contributed by atoms with E-state index >= 15 is 0 Å². The molecule has 1 aromatic heterocycles. The molecule has 2 unspecified atom stereocenters. The van der Waals surface area contributed by atoms with Crippen LogP contribution in [0.2, 0.25) is 0 Å². The van der Waals surface area contributed by atoms with Gasteiger partial charge >= 0.3 is 0 Å². The van der Waals surface area contributed by atoms with Crippen LogP contribution in [0.3, 0.4) is 0 Å². The summed E-state index contributed by atoms with van der Waals surface area (Å²) >= 11 is 0. The molecular formula is C19H20N2O2. The fourth-order valence-corrected chi connectivity index (χ4v) is 2.61. The molecule has 3 aromatic rings. The summed E-state index contributed by atoms with van der Waals surface area (Å²) in [6.07, 6.45) is -0.125. The summed E-state index contributed by atoms with van der Waals surface area (Å²) in [5.74, 6) is -0.208. The zero-order chi connectivity index (χ0) is 16.2. The first kappa shape index (κ1) is 15.3. The minimum Gasteiger partial charge on any atom is -0.391 e. The Morgan fingerprint density at radius 2 is 1.83 bits per heavy atom. The normalized spacial score (nSPS) is 13.7. The fourth-order valence-electron chi connectivity index (χ4n) is 2.61. The molecule has 0 fully saturated rings. The number of nitrogens with one attached hydrogen (secondary N) is 2. The molecule has 0 aliphatic rings. The van der Waals surface area contributed by atoms with Gasteiger partial charge < -0.3 is 15.4 Å². The van der Waals surface area contributed by atoms with Gasteiger partial charge in [-0.3, -0.25) is 4.79 Å². The van der Waals surface area contributed by atoms with Crippen LogP contribution in [0.15, 0.2) is 60.7 Å². The summed E-state index contributed by atoms with van der Waals surface area (Å²) in [5, 5.41) is 14.1. The number of carbonyl (C=O) groups excluding carboxylic acids is 1. The van der Waals surface area contributed by atoms with Gasteiger partial charge in [-0.15, -0.1) is 0 Å². The first-order valence-electron chi connectivity index (χ1n) is 7.74. The van der Waals surface area contributed by atoms with Crippen molar-refractivity contribution in [2.24, 2.45) is 0 Å². The summed E-state index contributed by atoms with van der Waals surface area (Å²) in [4.78, 5) is 15.4. The third-order valence-electron chi connectivity index (χ3n) is 4.00. The summed E-state index contributed by atoms with van der Waals surface area (Å²) in [6.45, 7) is 1.81. The van der Waals surface area contributed by atoms with Crippen LogP contribution in [0, 0.1) is 0 Å². The second-order valence-electron chi connectivity index (χ2n) is 5.79. The molecule has 0 radical (unpaired) electrons. The smallest absolute Gasteiger partial charge is 0.268 e. The molecule has 4 heteroatoms. The van der Waals surface area contributed by atoms with E-state index in [0.29, 0.717) is 12.1 Å². The van der Waals surface area contributed by atoms with Gasteiger partial charge in [0.1, 0.15) is 5.69 Å². The lowest BCUT2D eigenvalue weighted by molar-refractivity contribution is 0.0848. The molecule has 0 saturated carbocycles. The second-order valence-corrected chi connectivity index (χ2v) is 5.79. The number of aliphatic hydroxyl groups is 1. The van der Waals surface area contributed by atoms with Crippen molar-refractivity contribution in [3.8, 4) is 0 Å². The van der Waals surface area contributed by atoms with E-state index in [2.05, 4.69) is 10.3 Å². The van der Waals surface area contributed by atoms with Gasteiger partial charge in [0.05, 0.1) is 12.1 Å². The Morgan fingerprint density at radius 1 is 1.13 bits per heavy atom. The summed E-state index contributed by atoms with van der Waals surface area (Å²) in [5.41, 5.74) is 2.48. The lowest BCUT2D eigenvalue weighted by Gasteiger charge is -2.20. The molecule has 1 amide bonds. The predicted octanol–water partition coefficient (Wildman–Crippen LogP) is 2.89. The van der Waals surface area contributed by atoms with Crippen molar-refractivity contribution in [3.63, 3.8) is 0 Å². The van der Waals surface area contributed by atoms with Gasteiger partial charge in [-0.2, -0.15) is 0 Å². The number of hydrogen-bond acceptors (Lipinski definition) is 2. The molecule has 4 nitrogen and oxygen atoms in total. The molecule has 2 aromatic carbocycles. The Hall–Kier alpha value is -2.59. The number of rotatable bonds is 5. The van der Waals surface area contributed by atoms with Gasteiger partial charge in [0.25, 0.3) is 5.91 Å². The summed E-state index contributed by atoms with van der Waals surface area (Å²) in [6, 6.07) is 19.0. The van der Waals surface area contributed by atoms with E-state index in [0.717, 1.165) is 16.5 Å². The van der Waals surface area contributed by atoms with Crippen LogP contribution in [-0.4, -0.2) is 28.1 Å². The maximum absolute atomic E-state index is 12.3. The van der Waals surface area contributed by atoms with Crippen molar-refractivity contribution in [1.82, 2.24) is 10.3 Å². The largest absolute Gasteiger partial charge is 0.391 e. The van der Waals surface area contributed by atoms with Gasteiger partial charge in [0, 0.05) is 17.3 Å². The molecule has 0 bridgehead atoms. The minimum absolute atomic E-state index is 0.208. The van der Waals surface area contributed by atoms with Crippen LogP contribution >= 0.6 is 0 Å². The van der Waals surface area contributed by atoms with Gasteiger partial charge in [-0.05, 0) is 24.6 Å². The molecule has 0 aliphatic heterocycles. The van der Waals surface area contributed by atoms with E-state index in [1.807, 2.05) is 67.6 Å². The maximum Gasteiger partial charge on any atom is 0.268 e. The van der Waals surface area contributed by atoms with Crippen LogP contribution in [0.25, 0.3) is 10.9 Å². The zero-order valence-corrected chi connectivity index (χ0v) is 13.0. The topological polar surface area (TPSA) is 65.1 Å². The third kappa shape index (κ3) is 3.60. The van der Waals surface area contributed by atoms with Crippen LogP contribution in [0.4, 0.5) is 0 Å². The van der Waals surface area contributed by atoms with Crippen LogP contribution in [0.1, 0.15) is 23.0 Å². The molecular weight excluding hydrogens is 288 g/mol. The van der Waals surface area contributed by atoms with Gasteiger partial charge in [-0.25, -0.2) is 0 Å². The molecule has 0 aliphatic carbocycles. The van der Waals surface area contributed by atoms with Crippen molar-refractivity contribution < 1.29 is 9.90 Å². The number of carbonyl (C=O) groups is 1. The third-order valence-corrected chi connectivity index (χ3v) is 4.00. The standard InChI is InChI=1S/C19H20N2O2/c1-13(18(22)11-14-7-3-2-4-8-14)20-19(23)17-12-15-9-5-6-10-16(15)21-17/h2-10,12-13,18,21-22H,11H2,1H3,(H,20,23). The first-order chi connectivity index (χ1) is 11.1. The predicted molar refractivity (Wildman–Crippen MR) is 91.4 cm³/mol. The first-order valence-corrected chi connectivity index (χ1v) is 7.74. The highest BCUT2D eigenvalue weighted by Crippen LogP contribution is 2.15. The van der Waals surface area contributed by atoms with E-state index in [1.54, 1.807) is 0 Å². The Labute approximate surface area is 135 Å². The van der Waals surface area contributed by atoms with Gasteiger partial charge in [0.15, 0.2) is 0 Å². The summed E-state index contributed by atoms with van der Waals surface area (Å²) < 4.78 is 0. The Morgan fingerprint density at radius 3 is 2.57 bits per heavy atom. The average Bonchev–Trinajstić information content (AvgIpc) is 3.00. The Kier molecular flexibility index (Phi) is 4.44. The number of para-hydroxylation sites is 1. The number of aromatic nitrogens is 1. The zero-order valence-electron chi connectivity index (χ0n) is 13.0. The highest BCUT2D eigenvalue weighted by Gasteiger charge is 2.18. The van der Waals surface area contributed by atoms with E-state index in [4.69, 9.17) is 0 Å². The number of benzene rings is 2. The Bertz CT molecular complexity index is 762. The lowest BCUT2D eigenvalue weighted by Crippen LogP contribution is -2.42. The van der Waals surface area contributed by atoms with E-state index in [-0.39, 0.29) is 11.9 Å². The van der Waals surface area contributed by atoms with Crippen molar-refractivity contribution in [2.45, 2.75) is 25.5 Å². The average molecular weight is 308 g/mol.